The van der Waals surface area contributed by atoms with Crippen LogP contribution in [0.2, 0.25) is 0 Å². The Morgan fingerprint density at radius 3 is 2.79 bits per heavy atom. The molecule has 1 aromatic rings. The van der Waals surface area contributed by atoms with Crippen LogP contribution < -0.4 is 5.32 Å². The molecule has 0 aromatic carbocycles. The molecule has 3 rings (SSSR count). The molecular weight excluding hydrogens is 306 g/mol. The Labute approximate surface area is 143 Å². The molecule has 24 heavy (non-hydrogen) atoms. The summed E-state index contributed by atoms with van der Waals surface area (Å²) in [5, 5.41) is 3.11. The summed E-state index contributed by atoms with van der Waals surface area (Å²) < 4.78 is 5.80. The molecule has 0 unspecified atom stereocenters. The highest BCUT2D eigenvalue weighted by atomic mass is 16.3. The van der Waals surface area contributed by atoms with Crippen LogP contribution in [0.5, 0.6) is 0 Å². The van der Waals surface area contributed by atoms with E-state index in [1.807, 2.05) is 24.0 Å². The standard InChI is InChI=1S/C18H27N3O3/c1-12-8-9-21(15(10-12)16-6-4-13(2)24-16)18(23)19-14-5-7-17(22)20(3)11-14/h4,6,12,14-15H,5,7-11H2,1-3H3,(H,19,23)/t12-,14+,15-/m0/s1. The number of nitrogens with one attached hydrogen (secondary N) is 1. The molecule has 2 fully saturated rings. The van der Waals surface area contributed by atoms with Crippen LogP contribution in [0.1, 0.15) is 50.2 Å². The third-order valence-electron chi connectivity index (χ3n) is 5.17. The number of piperidine rings is 2. The van der Waals surface area contributed by atoms with Gasteiger partial charge in [-0.3, -0.25) is 4.79 Å². The number of nitrogens with zero attached hydrogens (tertiary/aromatic N) is 2. The monoisotopic (exact) mass is 333 g/mol. The molecule has 0 radical (unpaired) electrons. The zero-order valence-electron chi connectivity index (χ0n) is 14.7. The number of aryl methyl sites for hydroxylation is 1. The van der Waals surface area contributed by atoms with Crippen molar-refractivity contribution in [3.8, 4) is 0 Å². The first-order valence-corrected chi connectivity index (χ1v) is 8.81. The second kappa shape index (κ2) is 6.87. The van der Waals surface area contributed by atoms with Gasteiger partial charge < -0.3 is 19.5 Å². The van der Waals surface area contributed by atoms with E-state index >= 15 is 0 Å². The normalized spacial score (nSPS) is 28.1. The Kier molecular flexibility index (Phi) is 4.83. The molecular formula is C18H27N3O3. The lowest BCUT2D eigenvalue weighted by Crippen LogP contribution is -2.53. The average Bonchev–Trinajstić information content (AvgIpc) is 2.97. The van der Waals surface area contributed by atoms with Gasteiger partial charge in [-0.2, -0.15) is 0 Å². The van der Waals surface area contributed by atoms with E-state index in [0.29, 0.717) is 25.3 Å². The van der Waals surface area contributed by atoms with Crippen LogP contribution in [0.15, 0.2) is 16.5 Å². The van der Waals surface area contributed by atoms with Crippen molar-refractivity contribution in [1.29, 1.82) is 0 Å². The van der Waals surface area contributed by atoms with Gasteiger partial charge in [-0.05, 0) is 44.2 Å². The minimum absolute atomic E-state index is 0.00889. The molecule has 0 aliphatic carbocycles. The van der Waals surface area contributed by atoms with E-state index in [2.05, 4.69) is 12.2 Å². The minimum atomic E-state index is -0.0475. The lowest BCUT2D eigenvalue weighted by molar-refractivity contribution is -0.132. The predicted molar refractivity (Wildman–Crippen MR) is 90.5 cm³/mol. The van der Waals surface area contributed by atoms with Gasteiger partial charge in [0, 0.05) is 32.6 Å². The smallest absolute Gasteiger partial charge is 0.318 e. The van der Waals surface area contributed by atoms with E-state index in [1.54, 1.807) is 11.9 Å². The minimum Gasteiger partial charge on any atom is -0.464 e. The molecule has 2 aliphatic rings. The summed E-state index contributed by atoms with van der Waals surface area (Å²) in [6.45, 7) is 5.47. The van der Waals surface area contributed by atoms with Gasteiger partial charge in [-0.25, -0.2) is 4.79 Å². The third-order valence-corrected chi connectivity index (χ3v) is 5.17. The number of likely N-dealkylation sites (tertiary alicyclic amines) is 2. The first-order valence-electron chi connectivity index (χ1n) is 8.81. The van der Waals surface area contributed by atoms with Crippen molar-refractivity contribution in [2.45, 2.75) is 51.6 Å². The molecule has 3 heterocycles. The SMILES string of the molecule is Cc1ccc([C@@H]2C[C@@H](C)CCN2C(=O)N[C@@H]2CCC(=O)N(C)C2)o1. The molecule has 6 nitrogen and oxygen atoms in total. The van der Waals surface area contributed by atoms with Crippen molar-refractivity contribution >= 4 is 11.9 Å². The molecule has 2 saturated heterocycles. The zero-order chi connectivity index (χ0) is 17.3. The molecule has 1 aromatic heterocycles. The predicted octanol–water partition coefficient (Wildman–Crippen LogP) is 2.69. The van der Waals surface area contributed by atoms with Crippen LogP contribution in [-0.4, -0.2) is 47.9 Å². The molecule has 3 amide bonds. The Hall–Kier alpha value is -1.98. The van der Waals surface area contributed by atoms with Crippen molar-refractivity contribution in [2.75, 3.05) is 20.1 Å². The molecule has 1 N–H and O–H groups in total. The van der Waals surface area contributed by atoms with E-state index < -0.39 is 0 Å². The van der Waals surface area contributed by atoms with Crippen molar-refractivity contribution in [2.24, 2.45) is 5.92 Å². The number of furan rings is 1. The first-order chi connectivity index (χ1) is 11.4. The van der Waals surface area contributed by atoms with E-state index in [9.17, 15) is 9.59 Å². The van der Waals surface area contributed by atoms with Gasteiger partial charge in [0.1, 0.15) is 11.5 Å². The maximum absolute atomic E-state index is 12.8. The van der Waals surface area contributed by atoms with Gasteiger partial charge in [0.15, 0.2) is 0 Å². The fraction of sp³-hybridized carbons (Fsp3) is 0.667. The van der Waals surface area contributed by atoms with Gasteiger partial charge in [0.2, 0.25) is 5.91 Å². The van der Waals surface area contributed by atoms with Crippen molar-refractivity contribution in [3.05, 3.63) is 23.7 Å². The topological polar surface area (TPSA) is 65.8 Å². The van der Waals surface area contributed by atoms with E-state index in [0.717, 1.165) is 30.9 Å². The fourth-order valence-corrected chi connectivity index (χ4v) is 3.67. The number of hydrogen-bond donors (Lipinski definition) is 1. The van der Waals surface area contributed by atoms with Gasteiger partial charge in [0.25, 0.3) is 0 Å². The van der Waals surface area contributed by atoms with Gasteiger partial charge >= 0.3 is 6.03 Å². The number of likely N-dealkylation sites (N-methyl/N-ethyl adjacent to an activating group) is 1. The molecule has 0 saturated carbocycles. The molecule has 6 heteroatoms. The number of carbonyl (C=O) groups is 2. The highest BCUT2D eigenvalue weighted by Crippen LogP contribution is 2.35. The summed E-state index contributed by atoms with van der Waals surface area (Å²) in [6, 6.07) is 3.90. The summed E-state index contributed by atoms with van der Waals surface area (Å²) >= 11 is 0. The molecule has 132 valence electrons. The number of hydrogen-bond acceptors (Lipinski definition) is 3. The van der Waals surface area contributed by atoms with Crippen LogP contribution in [0.25, 0.3) is 0 Å². The van der Waals surface area contributed by atoms with E-state index in [1.165, 1.54) is 0 Å². The van der Waals surface area contributed by atoms with Crippen molar-refractivity contribution in [1.82, 2.24) is 15.1 Å². The van der Waals surface area contributed by atoms with Crippen LogP contribution in [-0.2, 0) is 4.79 Å². The lowest BCUT2D eigenvalue weighted by Gasteiger charge is -2.39. The molecule has 2 aliphatic heterocycles. The van der Waals surface area contributed by atoms with Crippen LogP contribution >= 0.6 is 0 Å². The lowest BCUT2D eigenvalue weighted by atomic mass is 9.91. The number of amides is 3. The summed E-state index contributed by atoms with van der Waals surface area (Å²) in [5.41, 5.74) is 0. The Bertz CT molecular complexity index is 612. The highest BCUT2D eigenvalue weighted by molar-refractivity contribution is 5.78. The zero-order valence-corrected chi connectivity index (χ0v) is 14.7. The van der Waals surface area contributed by atoms with Gasteiger partial charge in [-0.1, -0.05) is 6.92 Å². The van der Waals surface area contributed by atoms with Crippen molar-refractivity contribution < 1.29 is 14.0 Å². The summed E-state index contributed by atoms with van der Waals surface area (Å²) in [7, 11) is 1.79. The number of urea groups is 1. The maximum atomic E-state index is 12.8. The second-order valence-corrected chi connectivity index (χ2v) is 7.25. The van der Waals surface area contributed by atoms with Crippen molar-refractivity contribution in [3.63, 3.8) is 0 Å². The Morgan fingerprint density at radius 1 is 1.33 bits per heavy atom. The average molecular weight is 333 g/mol. The fourth-order valence-electron chi connectivity index (χ4n) is 3.67. The Balaban J connectivity index is 1.68. The van der Waals surface area contributed by atoms with Crippen LogP contribution in [0.3, 0.4) is 0 Å². The Morgan fingerprint density at radius 2 is 2.12 bits per heavy atom. The van der Waals surface area contributed by atoms with Crippen LogP contribution in [0, 0.1) is 12.8 Å². The number of carbonyl (C=O) groups excluding carboxylic acids is 2. The third kappa shape index (κ3) is 3.57. The highest BCUT2D eigenvalue weighted by Gasteiger charge is 2.34. The summed E-state index contributed by atoms with van der Waals surface area (Å²) in [6.07, 6.45) is 3.14. The largest absolute Gasteiger partial charge is 0.464 e. The van der Waals surface area contributed by atoms with Gasteiger partial charge in [-0.15, -0.1) is 0 Å². The van der Waals surface area contributed by atoms with E-state index in [-0.39, 0.29) is 24.0 Å². The molecule has 3 atom stereocenters. The first kappa shape index (κ1) is 16.9. The quantitative estimate of drug-likeness (QED) is 0.905. The van der Waals surface area contributed by atoms with E-state index in [4.69, 9.17) is 4.42 Å². The second-order valence-electron chi connectivity index (χ2n) is 7.25. The van der Waals surface area contributed by atoms with Gasteiger partial charge in [0.05, 0.1) is 6.04 Å². The summed E-state index contributed by atoms with van der Waals surface area (Å²) in [5.74, 6) is 2.46. The number of rotatable bonds is 2. The van der Waals surface area contributed by atoms with Crippen LogP contribution in [0.4, 0.5) is 4.79 Å². The maximum Gasteiger partial charge on any atom is 0.318 e. The molecule has 0 spiro atoms. The summed E-state index contributed by atoms with van der Waals surface area (Å²) in [4.78, 5) is 28.0. The molecule has 0 bridgehead atoms.